The molecule has 4 bridgehead atoms. The van der Waals surface area contributed by atoms with E-state index in [0.717, 1.165) is 34.4 Å². The number of para-hydroxylation sites is 1. The molecule has 4 aliphatic rings. The average Bonchev–Trinajstić information content (AvgIpc) is 2.70. The lowest BCUT2D eigenvalue weighted by atomic mass is 9.49. The van der Waals surface area contributed by atoms with Crippen LogP contribution in [0.4, 0.5) is 0 Å². The van der Waals surface area contributed by atoms with E-state index < -0.39 is 0 Å². The molecule has 0 unspecified atom stereocenters. The van der Waals surface area contributed by atoms with Gasteiger partial charge in [0.2, 0.25) is 11.8 Å². The number of fused-ring (bicyclic) bond motifs is 1. The summed E-state index contributed by atoms with van der Waals surface area (Å²) >= 11 is 0. The van der Waals surface area contributed by atoms with E-state index in [1.807, 2.05) is 31.2 Å². The normalized spacial score (nSPS) is 28.6. The van der Waals surface area contributed by atoms with Gasteiger partial charge < -0.3 is 10.2 Å². The fraction of sp³-hybridized carbons (Fsp3) is 0.600. The Labute approximate surface area is 183 Å². The van der Waals surface area contributed by atoms with Gasteiger partial charge in [-0.3, -0.25) is 9.59 Å². The number of amides is 2. The molecule has 1 N–H and O–H groups in total. The summed E-state index contributed by atoms with van der Waals surface area (Å²) in [6.07, 6.45) is 8.33. The van der Waals surface area contributed by atoms with Crippen molar-refractivity contribution in [1.82, 2.24) is 20.2 Å². The zero-order chi connectivity index (χ0) is 21.6. The number of carbonyl (C=O) groups excluding carboxylic acids is 2. The van der Waals surface area contributed by atoms with Crippen molar-refractivity contribution in [2.24, 2.45) is 23.2 Å². The van der Waals surface area contributed by atoms with Gasteiger partial charge in [-0.05, 0) is 74.7 Å². The van der Waals surface area contributed by atoms with Crippen LogP contribution in [0.2, 0.25) is 0 Å². The molecule has 1 aromatic carbocycles. The maximum Gasteiger partial charge on any atom is 0.242 e. The van der Waals surface area contributed by atoms with Crippen LogP contribution in [-0.2, 0) is 16.1 Å². The highest BCUT2D eigenvalue weighted by Gasteiger charge is 2.51. The molecule has 2 amide bonds. The van der Waals surface area contributed by atoms with Crippen LogP contribution in [0.25, 0.3) is 10.9 Å². The molecule has 164 valence electrons. The first kappa shape index (κ1) is 20.4. The molecule has 31 heavy (non-hydrogen) atoms. The Morgan fingerprint density at radius 3 is 2.39 bits per heavy atom. The largest absolute Gasteiger partial charge is 0.347 e. The third-order valence-corrected chi connectivity index (χ3v) is 7.78. The van der Waals surface area contributed by atoms with E-state index in [0.29, 0.717) is 18.8 Å². The molecule has 1 heterocycles. The Morgan fingerprint density at radius 1 is 1.06 bits per heavy atom. The molecule has 2 aromatic rings. The second-order valence-electron chi connectivity index (χ2n) is 10.4. The van der Waals surface area contributed by atoms with E-state index >= 15 is 0 Å². The maximum atomic E-state index is 12.7. The van der Waals surface area contributed by atoms with Crippen molar-refractivity contribution in [3.8, 4) is 0 Å². The van der Waals surface area contributed by atoms with Crippen LogP contribution in [0.1, 0.15) is 56.5 Å². The Bertz CT molecular complexity index is 982. The molecule has 0 aliphatic heterocycles. The summed E-state index contributed by atoms with van der Waals surface area (Å²) in [5.41, 5.74) is 1.99. The number of nitrogens with one attached hydrogen (secondary N) is 1. The number of aromatic nitrogens is 2. The van der Waals surface area contributed by atoms with Crippen molar-refractivity contribution < 1.29 is 9.59 Å². The average molecular weight is 421 g/mol. The van der Waals surface area contributed by atoms with Crippen molar-refractivity contribution >= 4 is 22.7 Å². The summed E-state index contributed by atoms with van der Waals surface area (Å²) in [6.45, 7) is 2.32. The number of rotatable bonds is 6. The van der Waals surface area contributed by atoms with Gasteiger partial charge in [-0.2, -0.15) is 0 Å². The quantitative estimate of drug-likeness (QED) is 0.775. The topological polar surface area (TPSA) is 75.2 Å². The predicted molar refractivity (Wildman–Crippen MR) is 119 cm³/mol. The minimum absolute atomic E-state index is 0.0292. The third-order valence-electron chi connectivity index (χ3n) is 7.78. The van der Waals surface area contributed by atoms with Gasteiger partial charge in [0.15, 0.2) is 0 Å². The first-order chi connectivity index (χ1) is 14.9. The molecule has 0 saturated heterocycles. The molecule has 0 radical (unpaired) electrons. The van der Waals surface area contributed by atoms with Crippen LogP contribution >= 0.6 is 0 Å². The van der Waals surface area contributed by atoms with Crippen molar-refractivity contribution in [2.45, 2.75) is 58.4 Å². The van der Waals surface area contributed by atoms with Gasteiger partial charge in [0, 0.05) is 24.5 Å². The lowest BCUT2D eigenvalue weighted by Gasteiger charge is -2.56. The van der Waals surface area contributed by atoms with E-state index in [1.54, 1.807) is 11.9 Å². The zero-order valence-electron chi connectivity index (χ0n) is 18.6. The van der Waals surface area contributed by atoms with Gasteiger partial charge in [0.05, 0.1) is 18.6 Å². The number of aryl methyl sites for hydroxylation is 1. The summed E-state index contributed by atoms with van der Waals surface area (Å²) in [7, 11) is 1.74. The molecule has 6 heteroatoms. The van der Waals surface area contributed by atoms with Gasteiger partial charge in [-0.25, -0.2) is 9.97 Å². The highest BCUT2D eigenvalue weighted by atomic mass is 16.2. The van der Waals surface area contributed by atoms with Gasteiger partial charge in [0.1, 0.15) is 5.82 Å². The third kappa shape index (κ3) is 4.17. The second-order valence-corrected chi connectivity index (χ2v) is 10.4. The van der Waals surface area contributed by atoms with Gasteiger partial charge >= 0.3 is 0 Å². The molecule has 6 nitrogen and oxygen atoms in total. The lowest BCUT2D eigenvalue weighted by Crippen LogP contribution is -2.48. The van der Waals surface area contributed by atoms with E-state index in [1.165, 1.54) is 38.5 Å². The van der Waals surface area contributed by atoms with Gasteiger partial charge in [0.25, 0.3) is 0 Å². The molecule has 6 rings (SSSR count). The molecule has 0 atom stereocenters. The van der Waals surface area contributed by atoms with E-state index in [9.17, 15) is 9.59 Å². The summed E-state index contributed by atoms with van der Waals surface area (Å²) in [6, 6.07) is 7.88. The number of likely N-dealkylation sites (N-methyl/N-ethyl adjacent to an activating group) is 1. The molecule has 1 aromatic heterocycles. The predicted octanol–water partition coefficient (Wildman–Crippen LogP) is 3.62. The zero-order valence-corrected chi connectivity index (χ0v) is 18.6. The summed E-state index contributed by atoms with van der Waals surface area (Å²) in [4.78, 5) is 36.0. The van der Waals surface area contributed by atoms with Crippen molar-refractivity contribution in [3.05, 3.63) is 35.8 Å². The lowest BCUT2D eigenvalue weighted by molar-refractivity contribution is -0.135. The molecular weight excluding hydrogens is 388 g/mol. The van der Waals surface area contributed by atoms with Crippen LogP contribution in [0.5, 0.6) is 0 Å². The van der Waals surface area contributed by atoms with E-state index in [4.69, 9.17) is 0 Å². The minimum atomic E-state index is -0.117. The van der Waals surface area contributed by atoms with E-state index in [-0.39, 0.29) is 23.8 Å². The maximum absolute atomic E-state index is 12.7. The van der Waals surface area contributed by atoms with Gasteiger partial charge in [-0.1, -0.05) is 18.2 Å². The highest BCUT2D eigenvalue weighted by molar-refractivity contribution is 5.85. The SMILES string of the molecule is Cc1nc(CN(C)C(=O)CNC(=O)CC23CC4CC(CC(C4)C2)C3)nc2ccccc12. The van der Waals surface area contributed by atoms with Crippen LogP contribution < -0.4 is 5.32 Å². The van der Waals surface area contributed by atoms with Crippen LogP contribution in [-0.4, -0.2) is 40.3 Å². The minimum Gasteiger partial charge on any atom is -0.347 e. The molecule has 4 aliphatic carbocycles. The number of hydrogen-bond donors (Lipinski definition) is 1. The fourth-order valence-electron chi connectivity index (χ4n) is 6.88. The van der Waals surface area contributed by atoms with Crippen LogP contribution in [0.3, 0.4) is 0 Å². The van der Waals surface area contributed by atoms with Crippen molar-refractivity contribution in [3.63, 3.8) is 0 Å². The standard InChI is InChI=1S/C25H32N4O2/c1-16-20-5-3-4-6-21(20)28-22(27-16)15-29(2)24(31)14-26-23(30)13-25-10-17-7-18(11-25)9-19(8-17)12-25/h3-6,17-19H,7-15H2,1-2H3,(H,26,30). The molecule has 0 spiro atoms. The Kier molecular flexibility index (Phi) is 5.19. The smallest absolute Gasteiger partial charge is 0.242 e. The first-order valence-electron chi connectivity index (χ1n) is 11.6. The van der Waals surface area contributed by atoms with Crippen LogP contribution in [0, 0.1) is 30.1 Å². The highest BCUT2D eigenvalue weighted by Crippen LogP contribution is 2.61. The summed E-state index contributed by atoms with van der Waals surface area (Å²) < 4.78 is 0. The van der Waals surface area contributed by atoms with Gasteiger partial charge in [-0.15, -0.1) is 0 Å². The van der Waals surface area contributed by atoms with Crippen LogP contribution in [0.15, 0.2) is 24.3 Å². The number of hydrogen-bond acceptors (Lipinski definition) is 4. The molecular formula is C25H32N4O2. The van der Waals surface area contributed by atoms with Crippen molar-refractivity contribution in [1.29, 1.82) is 0 Å². The van der Waals surface area contributed by atoms with E-state index in [2.05, 4.69) is 15.3 Å². The van der Waals surface area contributed by atoms with Crippen molar-refractivity contribution in [2.75, 3.05) is 13.6 Å². The first-order valence-corrected chi connectivity index (χ1v) is 11.6. The summed E-state index contributed by atoms with van der Waals surface area (Å²) in [5, 5.41) is 3.92. The Balaban J connectivity index is 1.15. The fourth-order valence-corrected chi connectivity index (χ4v) is 6.88. The Hall–Kier alpha value is -2.50. The molecule has 4 fully saturated rings. The number of nitrogens with zero attached hydrogens (tertiary/aromatic N) is 3. The monoisotopic (exact) mass is 420 g/mol. The number of carbonyl (C=O) groups is 2. The Morgan fingerprint density at radius 2 is 1.71 bits per heavy atom. The molecule has 4 saturated carbocycles. The second kappa shape index (κ2) is 7.88. The number of benzene rings is 1. The summed E-state index contributed by atoms with van der Waals surface area (Å²) in [5.74, 6) is 3.02.